The van der Waals surface area contributed by atoms with Crippen molar-refractivity contribution in [1.29, 1.82) is 0 Å². The minimum Gasteiger partial charge on any atom is -0.379 e. The number of aliphatic imine (C=N–C) groups is 1. The second-order valence-electron chi connectivity index (χ2n) is 7.29. The summed E-state index contributed by atoms with van der Waals surface area (Å²) in [5.74, 6) is 1.55. The van der Waals surface area contributed by atoms with Crippen LogP contribution in [-0.4, -0.2) is 54.1 Å². The molecule has 1 aromatic rings. The van der Waals surface area contributed by atoms with Crippen LogP contribution in [0.25, 0.3) is 0 Å². The fourth-order valence-electron chi connectivity index (χ4n) is 3.61. The second kappa shape index (κ2) is 13.7. The van der Waals surface area contributed by atoms with Crippen LogP contribution >= 0.6 is 0 Å². The molecule has 0 aromatic heterocycles. The van der Waals surface area contributed by atoms with Gasteiger partial charge < -0.3 is 20.1 Å². The number of nitrogens with one attached hydrogen (secondary N) is 2. The summed E-state index contributed by atoms with van der Waals surface area (Å²) in [5.41, 5.74) is 2.34. The third-order valence-corrected chi connectivity index (χ3v) is 6.88. The van der Waals surface area contributed by atoms with E-state index < -0.39 is 10.8 Å². The van der Waals surface area contributed by atoms with Crippen LogP contribution in [0.15, 0.2) is 29.3 Å². The van der Waals surface area contributed by atoms with Crippen LogP contribution in [0.1, 0.15) is 50.7 Å². The fraction of sp³-hybridized carbons (Fsp3) is 0.682. The number of ether oxygens (including phenoxy) is 2. The van der Waals surface area contributed by atoms with E-state index in [0.29, 0.717) is 37.7 Å². The molecule has 164 valence electrons. The van der Waals surface area contributed by atoms with Gasteiger partial charge in [0.2, 0.25) is 0 Å². The minimum absolute atomic E-state index is 0.309. The molecule has 2 rings (SSSR count). The molecule has 0 spiro atoms. The van der Waals surface area contributed by atoms with Gasteiger partial charge in [-0.1, -0.05) is 37.6 Å². The standard InChI is InChI=1S/C22H37N3O3S/c1-4-27-12-13-28-17-19-9-6-8-18(14-19)16-24-22(23-3)25-20-10-7-11-21(15-20)29(26)5-2/h6,8-9,14,20-21H,4-5,7,10-13,15-17H2,1-3H3,(H2,23,24,25). The van der Waals surface area contributed by atoms with Crippen LogP contribution in [0.2, 0.25) is 0 Å². The molecule has 1 aliphatic rings. The van der Waals surface area contributed by atoms with Crippen LogP contribution in [0.3, 0.4) is 0 Å². The minimum atomic E-state index is -0.712. The van der Waals surface area contributed by atoms with Crippen molar-refractivity contribution in [2.24, 2.45) is 4.99 Å². The van der Waals surface area contributed by atoms with Crippen LogP contribution in [0.5, 0.6) is 0 Å². The number of rotatable bonds is 11. The maximum absolute atomic E-state index is 12.2. The Morgan fingerprint density at radius 2 is 2.00 bits per heavy atom. The molecule has 0 heterocycles. The van der Waals surface area contributed by atoms with Gasteiger partial charge in [0, 0.05) is 48.0 Å². The summed E-state index contributed by atoms with van der Waals surface area (Å²) in [7, 11) is 1.08. The highest BCUT2D eigenvalue weighted by atomic mass is 32.2. The van der Waals surface area contributed by atoms with Crippen LogP contribution in [0.4, 0.5) is 0 Å². The summed E-state index contributed by atoms with van der Waals surface area (Å²) in [4.78, 5) is 4.37. The lowest BCUT2D eigenvalue weighted by atomic mass is 9.95. The number of benzene rings is 1. The fourth-order valence-corrected chi connectivity index (χ4v) is 4.95. The summed E-state index contributed by atoms with van der Waals surface area (Å²) in [6.07, 6.45) is 4.25. The smallest absolute Gasteiger partial charge is 0.191 e. The molecule has 2 N–H and O–H groups in total. The Balaban J connectivity index is 1.78. The average molecular weight is 424 g/mol. The maximum Gasteiger partial charge on any atom is 0.191 e. The van der Waals surface area contributed by atoms with Gasteiger partial charge in [-0.25, -0.2) is 0 Å². The first kappa shape index (κ1) is 23.8. The van der Waals surface area contributed by atoms with E-state index in [-0.39, 0.29) is 0 Å². The lowest BCUT2D eigenvalue weighted by Crippen LogP contribution is -2.46. The van der Waals surface area contributed by atoms with E-state index in [1.807, 2.05) is 13.8 Å². The zero-order valence-corrected chi connectivity index (χ0v) is 18.9. The lowest BCUT2D eigenvalue weighted by Gasteiger charge is -2.30. The van der Waals surface area contributed by atoms with E-state index in [0.717, 1.165) is 49.6 Å². The third-order valence-electron chi connectivity index (χ3n) is 5.14. The molecule has 0 radical (unpaired) electrons. The summed E-state index contributed by atoms with van der Waals surface area (Å²) in [5, 5.41) is 7.23. The van der Waals surface area contributed by atoms with Crippen molar-refractivity contribution in [2.45, 2.75) is 64.0 Å². The first-order valence-corrected chi connectivity index (χ1v) is 12.1. The molecular formula is C22H37N3O3S. The first-order chi connectivity index (χ1) is 14.2. The van der Waals surface area contributed by atoms with Crippen LogP contribution in [-0.2, 0) is 33.4 Å². The molecule has 0 amide bonds. The lowest BCUT2D eigenvalue weighted by molar-refractivity contribution is 0.0453. The largest absolute Gasteiger partial charge is 0.379 e. The van der Waals surface area contributed by atoms with Gasteiger partial charge in [0.05, 0.1) is 19.8 Å². The topological polar surface area (TPSA) is 72.0 Å². The van der Waals surface area contributed by atoms with Crippen LogP contribution in [0, 0.1) is 0 Å². The second-order valence-corrected chi connectivity index (χ2v) is 9.30. The van der Waals surface area contributed by atoms with E-state index in [9.17, 15) is 4.21 Å². The molecule has 0 aliphatic heterocycles. The number of hydrogen-bond donors (Lipinski definition) is 2. The van der Waals surface area contributed by atoms with Gasteiger partial charge in [-0.05, 0) is 37.3 Å². The molecule has 1 aliphatic carbocycles. The third kappa shape index (κ3) is 8.84. The van der Waals surface area contributed by atoms with E-state index in [2.05, 4.69) is 39.9 Å². The Labute approximate surface area is 178 Å². The Bertz CT molecular complexity index is 654. The van der Waals surface area contributed by atoms with Gasteiger partial charge in [-0.3, -0.25) is 9.20 Å². The first-order valence-electron chi connectivity index (χ1n) is 10.7. The van der Waals surface area contributed by atoms with E-state index in [1.54, 1.807) is 7.05 Å². The molecule has 7 heteroatoms. The molecule has 29 heavy (non-hydrogen) atoms. The Kier molecular flexibility index (Phi) is 11.3. The van der Waals surface area contributed by atoms with Crippen molar-refractivity contribution in [3.05, 3.63) is 35.4 Å². The highest BCUT2D eigenvalue weighted by Crippen LogP contribution is 2.23. The summed E-state index contributed by atoms with van der Waals surface area (Å²) in [6.45, 7) is 7.24. The SMILES string of the molecule is CCOCCOCc1cccc(CNC(=NC)NC2CCCC(S(=O)CC)C2)c1. The van der Waals surface area contributed by atoms with Crippen molar-refractivity contribution in [1.82, 2.24) is 10.6 Å². The van der Waals surface area contributed by atoms with Crippen molar-refractivity contribution < 1.29 is 13.7 Å². The summed E-state index contributed by atoms with van der Waals surface area (Å²) in [6, 6.07) is 8.72. The molecule has 1 fully saturated rings. The van der Waals surface area contributed by atoms with E-state index in [1.165, 1.54) is 5.56 Å². The Morgan fingerprint density at radius 3 is 2.76 bits per heavy atom. The predicted molar refractivity (Wildman–Crippen MR) is 121 cm³/mol. The van der Waals surface area contributed by atoms with E-state index in [4.69, 9.17) is 9.47 Å². The zero-order chi connectivity index (χ0) is 20.9. The zero-order valence-electron chi connectivity index (χ0n) is 18.1. The molecule has 3 unspecified atom stereocenters. The highest BCUT2D eigenvalue weighted by Gasteiger charge is 2.25. The van der Waals surface area contributed by atoms with Gasteiger partial charge in [0.1, 0.15) is 0 Å². The number of hydrogen-bond acceptors (Lipinski definition) is 4. The molecule has 6 nitrogen and oxygen atoms in total. The summed E-state index contributed by atoms with van der Waals surface area (Å²) < 4.78 is 23.1. The van der Waals surface area contributed by atoms with Gasteiger partial charge in [0.25, 0.3) is 0 Å². The van der Waals surface area contributed by atoms with Crippen molar-refractivity contribution in [3.8, 4) is 0 Å². The number of nitrogens with zero attached hydrogens (tertiary/aromatic N) is 1. The Hall–Kier alpha value is -1.44. The average Bonchev–Trinajstić information content (AvgIpc) is 2.76. The summed E-state index contributed by atoms with van der Waals surface area (Å²) >= 11 is 0. The normalized spacial score (nSPS) is 21.0. The van der Waals surface area contributed by atoms with Gasteiger partial charge in [0.15, 0.2) is 5.96 Å². The molecule has 3 atom stereocenters. The van der Waals surface area contributed by atoms with Gasteiger partial charge in [-0.15, -0.1) is 0 Å². The monoisotopic (exact) mass is 423 g/mol. The quantitative estimate of drug-likeness (QED) is 0.325. The Morgan fingerprint density at radius 1 is 1.21 bits per heavy atom. The molecule has 1 saturated carbocycles. The molecular weight excluding hydrogens is 386 g/mol. The van der Waals surface area contributed by atoms with Crippen LogP contribution < -0.4 is 10.6 Å². The van der Waals surface area contributed by atoms with Crippen molar-refractivity contribution in [2.75, 3.05) is 32.6 Å². The van der Waals surface area contributed by atoms with Crippen molar-refractivity contribution >= 4 is 16.8 Å². The number of guanidine groups is 1. The predicted octanol–water partition coefficient (Wildman–Crippen LogP) is 2.98. The van der Waals surface area contributed by atoms with E-state index >= 15 is 0 Å². The molecule has 1 aromatic carbocycles. The highest BCUT2D eigenvalue weighted by molar-refractivity contribution is 7.85. The molecule has 0 bridgehead atoms. The maximum atomic E-state index is 12.2. The van der Waals surface area contributed by atoms with Crippen molar-refractivity contribution in [3.63, 3.8) is 0 Å². The van der Waals surface area contributed by atoms with Gasteiger partial charge >= 0.3 is 0 Å². The molecule has 0 saturated heterocycles. The van der Waals surface area contributed by atoms with Gasteiger partial charge in [-0.2, -0.15) is 0 Å².